The number of morpholine rings is 1. The van der Waals surface area contributed by atoms with Crippen molar-refractivity contribution in [2.45, 2.75) is 12.2 Å². The molecular weight excluding hydrogens is 341 g/mol. The van der Waals surface area contributed by atoms with Gasteiger partial charge in [-0.1, -0.05) is 12.1 Å². The van der Waals surface area contributed by atoms with Gasteiger partial charge in [0.1, 0.15) is 12.4 Å². The van der Waals surface area contributed by atoms with E-state index in [4.69, 9.17) is 4.74 Å². The second-order valence-electron chi connectivity index (χ2n) is 5.40. The predicted octanol–water partition coefficient (Wildman–Crippen LogP) is 2.98. The maximum Gasteiger partial charge on any atom is 0.416 e. The maximum absolute atomic E-state index is 12.7. The third kappa shape index (κ3) is 3.68. The van der Waals surface area contributed by atoms with Crippen LogP contribution in [-0.4, -0.2) is 34.6 Å². The van der Waals surface area contributed by atoms with Gasteiger partial charge in [-0.15, -0.1) is 0 Å². The summed E-state index contributed by atoms with van der Waals surface area (Å²) >= 11 is 0. The second kappa shape index (κ2) is 6.63. The largest absolute Gasteiger partial charge is 0.416 e. The number of rotatable bonds is 3. The summed E-state index contributed by atoms with van der Waals surface area (Å²) in [5, 5.41) is 10.7. The first-order valence-corrected chi connectivity index (χ1v) is 7.34. The van der Waals surface area contributed by atoms with Crippen LogP contribution in [0.25, 0.3) is 0 Å². The first-order chi connectivity index (χ1) is 11.9. The lowest BCUT2D eigenvalue weighted by Crippen LogP contribution is -2.40. The molecule has 0 N–H and O–H groups in total. The third-order valence-corrected chi connectivity index (χ3v) is 3.84. The van der Waals surface area contributed by atoms with Crippen molar-refractivity contribution in [2.75, 3.05) is 24.7 Å². The van der Waals surface area contributed by atoms with Crippen LogP contribution in [-0.2, 0) is 10.9 Å². The summed E-state index contributed by atoms with van der Waals surface area (Å²) in [4.78, 5) is 19.8. The molecule has 0 spiro atoms. The van der Waals surface area contributed by atoms with Crippen molar-refractivity contribution in [2.24, 2.45) is 0 Å². The van der Waals surface area contributed by atoms with Gasteiger partial charge < -0.3 is 9.64 Å². The minimum Gasteiger partial charge on any atom is -0.377 e. The van der Waals surface area contributed by atoms with Gasteiger partial charge in [-0.3, -0.25) is 10.1 Å². The van der Waals surface area contributed by atoms with Crippen LogP contribution in [0.15, 0.2) is 36.7 Å². The SMILES string of the molecule is O=[N+]([O-])c1cnc(N2CCOC[C@@H]2c2ccc(C(F)(F)F)cc2)nc1. The van der Waals surface area contributed by atoms with Crippen molar-refractivity contribution < 1.29 is 22.8 Å². The highest BCUT2D eigenvalue weighted by Crippen LogP contribution is 2.32. The molecule has 10 heteroatoms. The van der Waals surface area contributed by atoms with Crippen molar-refractivity contribution in [3.8, 4) is 0 Å². The van der Waals surface area contributed by atoms with E-state index in [2.05, 4.69) is 9.97 Å². The Hall–Kier alpha value is -2.75. The minimum absolute atomic E-state index is 0.233. The number of hydrogen-bond acceptors (Lipinski definition) is 6. The fourth-order valence-electron chi connectivity index (χ4n) is 2.57. The van der Waals surface area contributed by atoms with Crippen LogP contribution in [0.5, 0.6) is 0 Å². The number of ether oxygens (including phenoxy) is 1. The summed E-state index contributed by atoms with van der Waals surface area (Å²) in [6.45, 7) is 1.08. The fourth-order valence-corrected chi connectivity index (χ4v) is 2.57. The third-order valence-electron chi connectivity index (χ3n) is 3.84. The summed E-state index contributed by atoms with van der Waals surface area (Å²) in [6.07, 6.45) is -2.20. The molecule has 1 aliphatic heterocycles. The standard InChI is InChI=1S/C15H13F3N4O3/c16-15(17,18)11-3-1-10(2-4-11)13-9-25-6-5-21(13)14-19-7-12(8-20-14)22(23)24/h1-4,7-8,13H,5-6,9H2/t13-/m1/s1. The first-order valence-electron chi connectivity index (χ1n) is 7.34. The maximum atomic E-state index is 12.7. The van der Waals surface area contributed by atoms with Gasteiger partial charge in [-0.25, -0.2) is 9.97 Å². The van der Waals surface area contributed by atoms with Gasteiger partial charge in [0.2, 0.25) is 5.95 Å². The normalized spacial score (nSPS) is 18.2. The van der Waals surface area contributed by atoms with Crippen LogP contribution in [0.2, 0.25) is 0 Å². The molecule has 1 aromatic carbocycles. The lowest BCUT2D eigenvalue weighted by Gasteiger charge is -2.35. The van der Waals surface area contributed by atoms with Gasteiger partial charge in [-0.05, 0) is 17.7 Å². The summed E-state index contributed by atoms with van der Waals surface area (Å²) in [7, 11) is 0. The number of benzene rings is 1. The van der Waals surface area contributed by atoms with Gasteiger partial charge >= 0.3 is 11.9 Å². The molecular formula is C15H13F3N4O3. The second-order valence-corrected chi connectivity index (χ2v) is 5.40. The van der Waals surface area contributed by atoms with Gasteiger partial charge in [0.15, 0.2) is 0 Å². The molecule has 2 heterocycles. The van der Waals surface area contributed by atoms with Gasteiger partial charge in [-0.2, -0.15) is 13.2 Å². The summed E-state index contributed by atoms with van der Waals surface area (Å²) in [6, 6.07) is 4.43. The molecule has 132 valence electrons. The smallest absolute Gasteiger partial charge is 0.377 e. The van der Waals surface area contributed by atoms with E-state index < -0.39 is 16.7 Å². The van der Waals surface area contributed by atoms with E-state index in [1.165, 1.54) is 12.1 Å². The van der Waals surface area contributed by atoms with Crippen LogP contribution in [0.1, 0.15) is 17.2 Å². The molecule has 0 amide bonds. The molecule has 3 rings (SSSR count). The van der Waals surface area contributed by atoms with E-state index in [0.717, 1.165) is 24.5 Å². The molecule has 0 unspecified atom stereocenters. The Morgan fingerprint density at radius 1 is 1.20 bits per heavy atom. The highest BCUT2D eigenvalue weighted by molar-refractivity contribution is 5.40. The minimum atomic E-state index is -4.40. The Morgan fingerprint density at radius 2 is 1.84 bits per heavy atom. The zero-order chi connectivity index (χ0) is 18.0. The lowest BCUT2D eigenvalue weighted by molar-refractivity contribution is -0.385. The molecule has 0 saturated carbocycles. The molecule has 0 aliphatic carbocycles. The molecule has 1 saturated heterocycles. The van der Waals surface area contributed by atoms with Crippen LogP contribution in [0.3, 0.4) is 0 Å². The van der Waals surface area contributed by atoms with Crippen LogP contribution in [0, 0.1) is 10.1 Å². The zero-order valence-corrected chi connectivity index (χ0v) is 12.8. The van der Waals surface area contributed by atoms with E-state index in [1.807, 2.05) is 0 Å². The number of nitrogens with zero attached hydrogens (tertiary/aromatic N) is 4. The Balaban J connectivity index is 1.87. The van der Waals surface area contributed by atoms with Gasteiger partial charge in [0.05, 0.1) is 29.7 Å². The number of aromatic nitrogens is 2. The highest BCUT2D eigenvalue weighted by Gasteiger charge is 2.32. The molecule has 25 heavy (non-hydrogen) atoms. The Kier molecular flexibility index (Phi) is 4.53. The lowest BCUT2D eigenvalue weighted by atomic mass is 10.0. The molecule has 1 atom stereocenters. The molecule has 7 nitrogen and oxygen atoms in total. The van der Waals surface area contributed by atoms with E-state index >= 15 is 0 Å². The number of hydrogen-bond donors (Lipinski definition) is 0. The fraction of sp³-hybridized carbons (Fsp3) is 0.333. The van der Waals surface area contributed by atoms with Crippen molar-refractivity contribution in [3.63, 3.8) is 0 Å². The van der Waals surface area contributed by atoms with Crippen molar-refractivity contribution >= 4 is 11.6 Å². The predicted molar refractivity (Wildman–Crippen MR) is 81.0 cm³/mol. The number of alkyl halides is 3. The molecule has 1 fully saturated rings. The Labute approximate surface area is 140 Å². The summed E-state index contributed by atoms with van der Waals surface area (Å²) < 4.78 is 43.5. The summed E-state index contributed by atoms with van der Waals surface area (Å²) in [5.41, 5.74) is -0.344. The van der Waals surface area contributed by atoms with Crippen molar-refractivity contribution in [3.05, 3.63) is 57.9 Å². The molecule has 1 aromatic heterocycles. The van der Waals surface area contributed by atoms with Crippen LogP contribution >= 0.6 is 0 Å². The Bertz CT molecular complexity index is 750. The summed E-state index contributed by atoms with van der Waals surface area (Å²) in [5.74, 6) is 0.263. The highest BCUT2D eigenvalue weighted by atomic mass is 19.4. The van der Waals surface area contributed by atoms with Gasteiger partial charge in [0.25, 0.3) is 0 Å². The quantitative estimate of drug-likeness (QED) is 0.623. The van der Waals surface area contributed by atoms with Crippen LogP contribution in [0.4, 0.5) is 24.8 Å². The number of nitro groups is 1. The van der Waals surface area contributed by atoms with Crippen molar-refractivity contribution in [1.82, 2.24) is 9.97 Å². The zero-order valence-electron chi connectivity index (χ0n) is 12.8. The average Bonchev–Trinajstić information content (AvgIpc) is 2.61. The average molecular weight is 354 g/mol. The van der Waals surface area contributed by atoms with Crippen LogP contribution < -0.4 is 4.90 Å². The molecule has 1 aliphatic rings. The van der Waals surface area contributed by atoms with E-state index in [0.29, 0.717) is 18.7 Å². The molecule has 2 aromatic rings. The molecule has 0 radical (unpaired) electrons. The Morgan fingerprint density at radius 3 is 2.40 bits per heavy atom. The monoisotopic (exact) mass is 354 g/mol. The van der Waals surface area contributed by atoms with Crippen molar-refractivity contribution in [1.29, 1.82) is 0 Å². The molecule has 0 bridgehead atoms. The topological polar surface area (TPSA) is 81.4 Å². The van der Waals surface area contributed by atoms with Gasteiger partial charge in [0, 0.05) is 6.54 Å². The number of anilines is 1. The van der Waals surface area contributed by atoms with E-state index in [-0.39, 0.29) is 24.3 Å². The number of halogens is 3. The van der Waals surface area contributed by atoms with E-state index in [1.54, 1.807) is 4.90 Å². The van der Waals surface area contributed by atoms with E-state index in [9.17, 15) is 23.3 Å². The first kappa shape index (κ1) is 17.1.